The topological polar surface area (TPSA) is 98.2 Å². The Kier molecular flexibility index (Phi) is 5.12. The van der Waals surface area contributed by atoms with Gasteiger partial charge in [0.15, 0.2) is 0 Å². The van der Waals surface area contributed by atoms with Crippen molar-refractivity contribution in [2.45, 2.75) is 25.8 Å². The van der Waals surface area contributed by atoms with Crippen LogP contribution in [0.2, 0.25) is 0 Å². The summed E-state index contributed by atoms with van der Waals surface area (Å²) in [6, 6.07) is 7.39. The standard InChI is InChI=1S/C19H22N4O3/c1-12-7-10-23(17(24)5-8-20)11-16(12)22-18-13-6-9-21-15(13)4-3-14(18)19(25)26-2/h3-4,6,9,12,16,21-22H,5,7,10-11H2,1-2H3/t12-,16+/m1/s1. The van der Waals surface area contributed by atoms with Crippen LogP contribution in [0.5, 0.6) is 0 Å². The maximum Gasteiger partial charge on any atom is 0.339 e. The number of methoxy groups -OCH3 is 1. The summed E-state index contributed by atoms with van der Waals surface area (Å²) >= 11 is 0. The molecule has 7 heteroatoms. The van der Waals surface area contributed by atoms with Crippen molar-refractivity contribution in [2.24, 2.45) is 5.92 Å². The van der Waals surface area contributed by atoms with E-state index in [-0.39, 0.29) is 18.4 Å². The van der Waals surface area contributed by atoms with E-state index in [2.05, 4.69) is 17.2 Å². The van der Waals surface area contributed by atoms with Gasteiger partial charge in [0.2, 0.25) is 5.91 Å². The van der Waals surface area contributed by atoms with Gasteiger partial charge in [0.25, 0.3) is 0 Å². The zero-order valence-corrected chi connectivity index (χ0v) is 14.9. The van der Waals surface area contributed by atoms with Gasteiger partial charge in [-0.1, -0.05) is 6.92 Å². The summed E-state index contributed by atoms with van der Waals surface area (Å²) in [5, 5.41) is 13.1. The van der Waals surface area contributed by atoms with Crippen LogP contribution in [-0.4, -0.2) is 48.0 Å². The van der Waals surface area contributed by atoms with Crippen LogP contribution in [0.3, 0.4) is 0 Å². The number of nitrogens with zero attached hydrogens (tertiary/aromatic N) is 2. The molecule has 136 valence electrons. The predicted molar refractivity (Wildman–Crippen MR) is 97.6 cm³/mol. The maximum atomic E-state index is 12.2. The van der Waals surface area contributed by atoms with E-state index in [0.717, 1.165) is 17.3 Å². The molecular formula is C19H22N4O3. The lowest BCUT2D eigenvalue weighted by Crippen LogP contribution is -2.49. The average molecular weight is 354 g/mol. The maximum absolute atomic E-state index is 12.2. The summed E-state index contributed by atoms with van der Waals surface area (Å²) < 4.78 is 4.92. The number of piperidine rings is 1. The lowest BCUT2D eigenvalue weighted by molar-refractivity contribution is -0.131. The van der Waals surface area contributed by atoms with Crippen LogP contribution >= 0.6 is 0 Å². The average Bonchev–Trinajstić information content (AvgIpc) is 3.12. The lowest BCUT2D eigenvalue weighted by Gasteiger charge is -2.38. The highest BCUT2D eigenvalue weighted by Gasteiger charge is 2.30. The van der Waals surface area contributed by atoms with Gasteiger partial charge in [-0.2, -0.15) is 5.26 Å². The van der Waals surface area contributed by atoms with Gasteiger partial charge in [-0.3, -0.25) is 4.79 Å². The second-order valence-corrected chi connectivity index (χ2v) is 6.61. The second-order valence-electron chi connectivity index (χ2n) is 6.61. The number of nitrogens with one attached hydrogen (secondary N) is 2. The Morgan fingerprint density at radius 1 is 1.42 bits per heavy atom. The van der Waals surface area contributed by atoms with Crippen molar-refractivity contribution in [2.75, 3.05) is 25.5 Å². The SMILES string of the molecule is COC(=O)c1ccc2[nH]ccc2c1N[C@H]1CN(C(=O)CC#N)CC[C@H]1C. The molecule has 0 saturated carbocycles. The first kappa shape index (κ1) is 17.8. The first-order chi connectivity index (χ1) is 12.5. The van der Waals surface area contributed by atoms with Crippen molar-refractivity contribution in [1.29, 1.82) is 5.26 Å². The van der Waals surface area contributed by atoms with Crippen molar-refractivity contribution in [3.05, 3.63) is 30.0 Å². The molecule has 2 aromatic rings. The highest BCUT2D eigenvalue weighted by atomic mass is 16.5. The number of esters is 1. The molecule has 7 nitrogen and oxygen atoms in total. The molecule has 2 atom stereocenters. The van der Waals surface area contributed by atoms with Gasteiger partial charge in [0, 0.05) is 36.2 Å². The highest BCUT2D eigenvalue weighted by Crippen LogP contribution is 2.31. The number of amides is 1. The minimum absolute atomic E-state index is 0.0182. The lowest BCUT2D eigenvalue weighted by atomic mass is 9.92. The minimum atomic E-state index is -0.406. The molecule has 1 aliphatic heterocycles. The third kappa shape index (κ3) is 3.36. The number of ether oxygens (including phenoxy) is 1. The molecule has 1 amide bonds. The summed E-state index contributed by atoms with van der Waals surface area (Å²) in [5.74, 6) is -0.239. The Balaban J connectivity index is 1.91. The number of nitriles is 1. The van der Waals surface area contributed by atoms with E-state index in [1.807, 2.05) is 24.4 Å². The van der Waals surface area contributed by atoms with Crippen LogP contribution < -0.4 is 5.32 Å². The number of H-pyrrole nitrogens is 1. The van der Waals surface area contributed by atoms with Gasteiger partial charge in [0.05, 0.1) is 24.4 Å². The molecule has 3 rings (SSSR count). The molecule has 0 radical (unpaired) electrons. The Labute approximate surface area is 151 Å². The fraction of sp³-hybridized carbons (Fsp3) is 0.421. The highest BCUT2D eigenvalue weighted by molar-refractivity contribution is 6.05. The molecule has 0 bridgehead atoms. The molecule has 0 aliphatic carbocycles. The van der Waals surface area contributed by atoms with Crippen LogP contribution in [0.25, 0.3) is 10.9 Å². The summed E-state index contributed by atoms with van der Waals surface area (Å²) in [5.41, 5.74) is 2.09. The summed E-state index contributed by atoms with van der Waals surface area (Å²) in [7, 11) is 1.36. The molecule has 1 fully saturated rings. The number of fused-ring (bicyclic) bond motifs is 1. The van der Waals surface area contributed by atoms with E-state index in [0.29, 0.717) is 30.3 Å². The number of hydrogen-bond donors (Lipinski definition) is 2. The van der Waals surface area contributed by atoms with Crippen molar-refractivity contribution in [3.8, 4) is 6.07 Å². The number of anilines is 1. The third-order valence-corrected chi connectivity index (χ3v) is 5.01. The van der Waals surface area contributed by atoms with Gasteiger partial charge in [0.1, 0.15) is 6.42 Å². The second kappa shape index (κ2) is 7.48. The molecule has 1 aliphatic rings. The third-order valence-electron chi connectivity index (χ3n) is 5.01. The largest absolute Gasteiger partial charge is 0.465 e. The Morgan fingerprint density at radius 2 is 2.23 bits per heavy atom. The Bertz CT molecular complexity index is 867. The smallest absolute Gasteiger partial charge is 0.339 e. The number of likely N-dealkylation sites (tertiary alicyclic amines) is 1. The predicted octanol–water partition coefficient (Wildman–Crippen LogP) is 2.52. The van der Waals surface area contributed by atoms with Gasteiger partial charge in [-0.25, -0.2) is 4.79 Å². The first-order valence-corrected chi connectivity index (χ1v) is 8.64. The van der Waals surface area contributed by atoms with Gasteiger partial charge in [-0.15, -0.1) is 0 Å². The number of carbonyl (C=O) groups is 2. The van der Waals surface area contributed by atoms with Gasteiger partial charge < -0.3 is 19.9 Å². The number of aromatic nitrogens is 1. The molecule has 2 heterocycles. The molecule has 1 aromatic heterocycles. The van der Waals surface area contributed by atoms with E-state index < -0.39 is 5.97 Å². The van der Waals surface area contributed by atoms with Crippen molar-refractivity contribution in [3.63, 3.8) is 0 Å². The van der Waals surface area contributed by atoms with Crippen LogP contribution in [0, 0.1) is 17.2 Å². The van der Waals surface area contributed by atoms with Crippen LogP contribution in [-0.2, 0) is 9.53 Å². The number of benzene rings is 1. The quantitative estimate of drug-likeness (QED) is 0.822. The number of rotatable bonds is 4. The molecule has 1 aromatic carbocycles. The monoisotopic (exact) mass is 354 g/mol. The van der Waals surface area contributed by atoms with E-state index in [1.54, 1.807) is 11.0 Å². The Morgan fingerprint density at radius 3 is 2.96 bits per heavy atom. The van der Waals surface area contributed by atoms with Crippen molar-refractivity contribution >= 4 is 28.5 Å². The fourth-order valence-corrected chi connectivity index (χ4v) is 3.42. The van der Waals surface area contributed by atoms with E-state index in [4.69, 9.17) is 10.00 Å². The molecular weight excluding hydrogens is 332 g/mol. The zero-order chi connectivity index (χ0) is 18.7. The molecule has 0 spiro atoms. The molecule has 2 N–H and O–H groups in total. The Hall–Kier alpha value is -3.01. The first-order valence-electron chi connectivity index (χ1n) is 8.64. The van der Waals surface area contributed by atoms with E-state index >= 15 is 0 Å². The number of carbonyl (C=O) groups excluding carboxylic acids is 2. The zero-order valence-electron chi connectivity index (χ0n) is 14.9. The normalized spacial score (nSPS) is 19.8. The number of aromatic amines is 1. The molecule has 0 unspecified atom stereocenters. The van der Waals surface area contributed by atoms with Gasteiger partial charge in [-0.05, 0) is 30.5 Å². The van der Waals surface area contributed by atoms with E-state index in [9.17, 15) is 9.59 Å². The van der Waals surface area contributed by atoms with E-state index in [1.165, 1.54) is 7.11 Å². The fourth-order valence-electron chi connectivity index (χ4n) is 3.42. The van der Waals surface area contributed by atoms with Crippen LogP contribution in [0.15, 0.2) is 24.4 Å². The molecule has 26 heavy (non-hydrogen) atoms. The summed E-state index contributed by atoms with van der Waals surface area (Å²) in [6.45, 7) is 3.28. The summed E-state index contributed by atoms with van der Waals surface area (Å²) in [4.78, 5) is 29.2. The number of hydrogen-bond acceptors (Lipinski definition) is 5. The van der Waals surface area contributed by atoms with Crippen molar-refractivity contribution < 1.29 is 14.3 Å². The summed E-state index contributed by atoms with van der Waals surface area (Å²) in [6.07, 6.45) is 2.55. The van der Waals surface area contributed by atoms with Crippen molar-refractivity contribution in [1.82, 2.24) is 9.88 Å². The van der Waals surface area contributed by atoms with Gasteiger partial charge >= 0.3 is 5.97 Å². The van der Waals surface area contributed by atoms with Crippen LogP contribution in [0.1, 0.15) is 30.1 Å². The van der Waals surface area contributed by atoms with Crippen LogP contribution in [0.4, 0.5) is 5.69 Å². The minimum Gasteiger partial charge on any atom is -0.465 e. The molecule has 1 saturated heterocycles.